The lowest BCUT2D eigenvalue weighted by molar-refractivity contribution is 0.406. The van der Waals surface area contributed by atoms with E-state index in [9.17, 15) is 5.11 Å². The summed E-state index contributed by atoms with van der Waals surface area (Å²) in [5, 5.41) is 10.0. The van der Waals surface area contributed by atoms with Crippen molar-refractivity contribution in [2.45, 2.75) is 148 Å². The molecule has 0 fully saturated rings. The average molecular weight is 447 g/mol. The molecule has 0 radical (unpaired) electrons. The van der Waals surface area contributed by atoms with E-state index in [0.29, 0.717) is 5.75 Å². The molecule has 2 heteroatoms. The number of benzene rings is 1. The second kappa shape index (κ2) is 21.7. The minimum atomic E-state index is 0.373. The fraction of sp³-hybridized carbons (Fsp3) is 0.800. The molecule has 1 rings (SSSR count). The van der Waals surface area contributed by atoms with E-state index in [2.05, 4.69) is 6.92 Å². The molecule has 0 saturated heterocycles. The molecule has 0 unspecified atom stereocenters. The first-order valence-corrected chi connectivity index (χ1v) is 14.1. The van der Waals surface area contributed by atoms with E-state index >= 15 is 0 Å². The standard InChI is InChI=1S/C30H54O2/c1-3-4-5-6-7-8-9-10-11-12-13-14-15-16-17-18-19-20-21-22-23-24-28-25-26-29(32-2)27-30(28)31/h25-27,31H,3-24H2,1-2H3. The third-order valence-corrected chi connectivity index (χ3v) is 6.84. The van der Waals surface area contributed by atoms with Crippen LogP contribution in [-0.4, -0.2) is 12.2 Å². The predicted molar refractivity (Wildman–Crippen MR) is 141 cm³/mol. The van der Waals surface area contributed by atoms with E-state index in [4.69, 9.17) is 4.74 Å². The van der Waals surface area contributed by atoms with Crippen LogP contribution in [0.2, 0.25) is 0 Å². The van der Waals surface area contributed by atoms with Gasteiger partial charge in [0.2, 0.25) is 0 Å². The summed E-state index contributed by atoms with van der Waals surface area (Å²) < 4.78 is 5.14. The molecule has 0 heterocycles. The Balaban J connectivity index is 1.75. The minimum absolute atomic E-state index is 0.373. The first-order chi connectivity index (χ1) is 15.8. The highest BCUT2D eigenvalue weighted by Gasteiger charge is 2.03. The molecule has 0 atom stereocenters. The van der Waals surface area contributed by atoms with Crippen molar-refractivity contribution in [2.24, 2.45) is 0 Å². The van der Waals surface area contributed by atoms with Gasteiger partial charge in [-0.25, -0.2) is 0 Å². The van der Waals surface area contributed by atoms with Gasteiger partial charge < -0.3 is 9.84 Å². The SMILES string of the molecule is CCCCCCCCCCCCCCCCCCCCCCCc1ccc(OC)cc1O. The van der Waals surface area contributed by atoms with Crippen molar-refractivity contribution >= 4 is 0 Å². The van der Waals surface area contributed by atoms with Crippen molar-refractivity contribution in [3.8, 4) is 11.5 Å². The van der Waals surface area contributed by atoms with Gasteiger partial charge in [-0.3, -0.25) is 0 Å². The smallest absolute Gasteiger partial charge is 0.122 e. The molecule has 1 N–H and O–H groups in total. The molecule has 0 saturated carbocycles. The summed E-state index contributed by atoms with van der Waals surface area (Å²) in [6.07, 6.45) is 30.6. The topological polar surface area (TPSA) is 29.5 Å². The summed E-state index contributed by atoms with van der Waals surface area (Å²) in [7, 11) is 1.63. The number of phenols is 1. The normalized spacial score (nSPS) is 11.2. The maximum absolute atomic E-state index is 10.0. The van der Waals surface area contributed by atoms with Crippen LogP contribution in [0.5, 0.6) is 11.5 Å². The number of phenolic OH excluding ortho intramolecular Hbond substituents is 1. The lowest BCUT2D eigenvalue weighted by Gasteiger charge is -2.07. The van der Waals surface area contributed by atoms with Crippen LogP contribution >= 0.6 is 0 Å². The molecule has 32 heavy (non-hydrogen) atoms. The number of rotatable bonds is 23. The quantitative estimate of drug-likeness (QED) is 0.169. The molecule has 186 valence electrons. The molecule has 0 aliphatic heterocycles. The molecule has 0 aliphatic rings. The van der Waals surface area contributed by atoms with Gasteiger partial charge in [0.05, 0.1) is 7.11 Å². The molecule has 0 aromatic heterocycles. The van der Waals surface area contributed by atoms with Gasteiger partial charge in [-0.15, -0.1) is 0 Å². The highest BCUT2D eigenvalue weighted by molar-refractivity contribution is 5.39. The predicted octanol–water partition coefficient (Wildman–Crippen LogP) is 10.2. The van der Waals surface area contributed by atoms with Crippen molar-refractivity contribution in [3.05, 3.63) is 23.8 Å². The Morgan fingerprint density at radius 3 is 1.28 bits per heavy atom. The van der Waals surface area contributed by atoms with Crippen LogP contribution in [-0.2, 0) is 6.42 Å². The van der Waals surface area contributed by atoms with Gasteiger partial charge in [0.1, 0.15) is 11.5 Å². The van der Waals surface area contributed by atoms with E-state index in [1.54, 1.807) is 13.2 Å². The number of hydrogen-bond donors (Lipinski definition) is 1. The Kier molecular flexibility index (Phi) is 19.5. The fourth-order valence-corrected chi connectivity index (χ4v) is 4.63. The van der Waals surface area contributed by atoms with Crippen LogP contribution in [0.4, 0.5) is 0 Å². The summed E-state index contributed by atoms with van der Waals surface area (Å²) in [5.74, 6) is 1.10. The summed E-state index contributed by atoms with van der Waals surface area (Å²) >= 11 is 0. The highest BCUT2D eigenvalue weighted by Crippen LogP contribution is 2.25. The molecule has 0 bridgehead atoms. The molecule has 0 aliphatic carbocycles. The van der Waals surface area contributed by atoms with E-state index in [-0.39, 0.29) is 0 Å². The summed E-state index contributed by atoms with van der Waals surface area (Å²) in [4.78, 5) is 0. The maximum atomic E-state index is 10.0. The van der Waals surface area contributed by atoms with Crippen molar-refractivity contribution in [1.82, 2.24) is 0 Å². The number of methoxy groups -OCH3 is 1. The van der Waals surface area contributed by atoms with Gasteiger partial charge in [-0.1, -0.05) is 141 Å². The van der Waals surface area contributed by atoms with Crippen molar-refractivity contribution in [1.29, 1.82) is 0 Å². The molecular weight excluding hydrogens is 392 g/mol. The van der Waals surface area contributed by atoms with Crippen LogP contribution in [0.15, 0.2) is 18.2 Å². The van der Waals surface area contributed by atoms with Crippen LogP contribution in [0.3, 0.4) is 0 Å². The third kappa shape index (κ3) is 16.5. The van der Waals surface area contributed by atoms with Crippen LogP contribution < -0.4 is 4.74 Å². The monoisotopic (exact) mass is 446 g/mol. The van der Waals surface area contributed by atoms with Crippen LogP contribution in [0.25, 0.3) is 0 Å². The number of unbranched alkanes of at least 4 members (excludes halogenated alkanes) is 20. The van der Waals surface area contributed by atoms with Crippen molar-refractivity contribution in [3.63, 3.8) is 0 Å². The van der Waals surface area contributed by atoms with Crippen molar-refractivity contribution in [2.75, 3.05) is 7.11 Å². The van der Waals surface area contributed by atoms with Gasteiger partial charge in [-0.05, 0) is 24.5 Å². The zero-order valence-corrected chi connectivity index (χ0v) is 21.6. The van der Waals surface area contributed by atoms with E-state index in [1.807, 2.05) is 12.1 Å². The lowest BCUT2D eigenvalue weighted by atomic mass is 10.0. The molecule has 0 amide bonds. The highest BCUT2D eigenvalue weighted by atomic mass is 16.5. The van der Waals surface area contributed by atoms with Crippen LogP contribution in [0.1, 0.15) is 147 Å². The van der Waals surface area contributed by atoms with Gasteiger partial charge in [0, 0.05) is 6.07 Å². The summed E-state index contributed by atoms with van der Waals surface area (Å²) in [6, 6.07) is 5.64. The lowest BCUT2D eigenvalue weighted by Crippen LogP contribution is -1.89. The minimum Gasteiger partial charge on any atom is -0.508 e. The summed E-state index contributed by atoms with van der Waals surface area (Å²) in [6.45, 7) is 2.29. The van der Waals surface area contributed by atoms with Gasteiger partial charge in [0.15, 0.2) is 0 Å². The molecule has 2 nitrogen and oxygen atoms in total. The fourth-order valence-electron chi connectivity index (χ4n) is 4.63. The van der Waals surface area contributed by atoms with Gasteiger partial charge in [-0.2, -0.15) is 0 Å². The zero-order chi connectivity index (χ0) is 23.1. The Morgan fingerprint density at radius 2 is 0.938 bits per heavy atom. The zero-order valence-electron chi connectivity index (χ0n) is 21.6. The Labute approximate surface area is 200 Å². The molecule has 0 spiro atoms. The van der Waals surface area contributed by atoms with E-state index < -0.39 is 0 Å². The van der Waals surface area contributed by atoms with Crippen LogP contribution in [0, 0.1) is 0 Å². The molecular formula is C30H54O2. The molecule has 1 aromatic rings. The maximum Gasteiger partial charge on any atom is 0.122 e. The number of aryl methyl sites for hydroxylation is 1. The first-order valence-electron chi connectivity index (χ1n) is 14.1. The van der Waals surface area contributed by atoms with Gasteiger partial charge >= 0.3 is 0 Å². The number of ether oxygens (including phenoxy) is 1. The van der Waals surface area contributed by atoms with E-state index in [0.717, 1.165) is 17.7 Å². The Hall–Kier alpha value is -1.18. The number of aromatic hydroxyl groups is 1. The first kappa shape index (κ1) is 28.9. The van der Waals surface area contributed by atoms with Gasteiger partial charge in [0.25, 0.3) is 0 Å². The Bertz CT molecular complexity index is 526. The van der Waals surface area contributed by atoms with E-state index in [1.165, 1.54) is 135 Å². The largest absolute Gasteiger partial charge is 0.508 e. The second-order valence-corrected chi connectivity index (χ2v) is 9.82. The van der Waals surface area contributed by atoms with Crippen molar-refractivity contribution < 1.29 is 9.84 Å². The average Bonchev–Trinajstić information content (AvgIpc) is 2.80. The Morgan fingerprint density at radius 1 is 0.562 bits per heavy atom. The summed E-state index contributed by atoms with van der Waals surface area (Å²) in [5.41, 5.74) is 1.05. The second-order valence-electron chi connectivity index (χ2n) is 9.82. The molecule has 1 aromatic carbocycles. The number of hydrogen-bond acceptors (Lipinski definition) is 2. The third-order valence-electron chi connectivity index (χ3n) is 6.84.